The summed E-state index contributed by atoms with van der Waals surface area (Å²) in [6, 6.07) is 19.8. The van der Waals surface area contributed by atoms with Gasteiger partial charge in [-0.15, -0.1) is 0 Å². The van der Waals surface area contributed by atoms with Crippen molar-refractivity contribution in [2.45, 2.75) is 6.61 Å². The van der Waals surface area contributed by atoms with Gasteiger partial charge in [0.2, 0.25) is 0 Å². The molecule has 3 heteroatoms. The number of rotatable bonds is 1. The average Bonchev–Trinajstić information content (AvgIpc) is 2.76. The van der Waals surface area contributed by atoms with Crippen molar-refractivity contribution in [1.82, 2.24) is 0 Å². The van der Waals surface area contributed by atoms with Gasteiger partial charge in [-0.05, 0) is 52.8 Å². The number of hydrogen-bond donors (Lipinski definition) is 1. The average molecular weight is 334 g/mol. The number of nitrogens with two attached hydrogens (primary N) is 1. The van der Waals surface area contributed by atoms with E-state index in [0.717, 1.165) is 43.6 Å². The molecule has 0 saturated carbocycles. The van der Waals surface area contributed by atoms with E-state index < -0.39 is 0 Å². The Morgan fingerprint density at radius 2 is 1.83 bits per heavy atom. The highest BCUT2D eigenvalue weighted by molar-refractivity contribution is 6.31. The molecule has 1 aliphatic rings. The van der Waals surface area contributed by atoms with E-state index in [1.54, 1.807) is 0 Å². The monoisotopic (exact) mass is 333 g/mol. The van der Waals surface area contributed by atoms with Crippen LogP contribution in [-0.4, -0.2) is 0 Å². The molecular formula is C21H16ClNO. The van der Waals surface area contributed by atoms with Crippen molar-refractivity contribution in [3.63, 3.8) is 0 Å². The first-order valence-electron chi connectivity index (χ1n) is 7.79. The minimum absolute atomic E-state index is 0.472. The van der Waals surface area contributed by atoms with Crippen molar-refractivity contribution in [3.05, 3.63) is 92.8 Å². The van der Waals surface area contributed by atoms with E-state index in [4.69, 9.17) is 22.1 Å². The van der Waals surface area contributed by atoms with Crippen LogP contribution in [0.25, 0.3) is 12.2 Å². The molecule has 1 heterocycles. The molecule has 0 bridgehead atoms. The van der Waals surface area contributed by atoms with Crippen molar-refractivity contribution in [2.24, 2.45) is 0 Å². The summed E-state index contributed by atoms with van der Waals surface area (Å²) in [5, 5.41) is 2.88. The summed E-state index contributed by atoms with van der Waals surface area (Å²) >= 11 is 6.32. The highest BCUT2D eigenvalue weighted by atomic mass is 35.5. The summed E-state index contributed by atoms with van der Waals surface area (Å²) in [4.78, 5) is 0. The molecule has 0 atom stereocenters. The topological polar surface area (TPSA) is 35.2 Å². The smallest absolute Gasteiger partial charge is 0.127 e. The van der Waals surface area contributed by atoms with E-state index in [2.05, 4.69) is 24.3 Å². The zero-order valence-electron chi connectivity index (χ0n) is 13.0. The predicted octanol–water partition coefficient (Wildman–Crippen LogP) is 3.47. The van der Waals surface area contributed by atoms with E-state index in [9.17, 15) is 0 Å². The third-order valence-corrected chi connectivity index (χ3v) is 4.51. The molecule has 0 radical (unpaired) electrons. The number of nitrogen functional groups attached to an aromatic ring is 1. The minimum Gasteiger partial charge on any atom is -0.488 e. The number of fused-ring (bicyclic) bond motifs is 2. The summed E-state index contributed by atoms with van der Waals surface area (Å²) in [6.07, 6.45) is 4.26. The third kappa shape index (κ3) is 2.77. The van der Waals surface area contributed by atoms with Crippen LogP contribution in [0.5, 0.6) is 5.75 Å². The summed E-state index contributed by atoms with van der Waals surface area (Å²) in [6.45, 7) is 0.472. The fraction of sp³-hybridized carbons (Fsp3) is 0.0476. The molecule has 3 aromatic carbocycles. The van der Waals surface area contributed by atoms with Gasteiger partial charge >= 0.3 is 0 Å². The molecule has 0 aromatic heterocycles. The zero-order chi connectivity index (χ0) is 16.5. The molecule has 0 spiro atoms. The molecule has 0 aliphatic carbocycles. The molecule has 1 aliphatic heterocycles. The van der Waals surface area contributed by atoms with Crippen molar-refractivity contribution in [3.8, 4) is 5.75 Å². The molecule has 118 valence electrons. The van der Waals surface area contributed by atoms with Crippen molar-refractivity contribution >= 4 is 29.4 Å². The van der Waals surface area contributed by atoms with Gasteiger partial charge in [0.1, 0.15) is 12.4 Å². The van der Waals surface area contributed by atoms with Crippen LogP contribution in [0.3, 0.4) is 0 Å². The van der Waals surface area contributed by atoms with E-state index in [1.165, 1.54) is 0 Å². The Hall–Kier alpha value is -2.71. The molecule has 0 amide bonds. The summed E-state index contributed by atoms with van der Waals surface area (Å²) in [5.41, 5.74) is 9.81. The van der Waals surface area contributed by atoms with Gasteiger partial charge in [-0.2, -0.15) is 0 Å². The Kier molecular flexibility index (Phi) is 3.75. The summed E-state index contributed by atoms with van der Waals surface area (Å²) in [5.74, 6) is 0.861. The quantitative estimate of drug-likeness (QED) is 0.692. The Morgan fingerprint density at radius 3 is 2.71 bits per heavy atom. The molecule has 3 aromatic rings. The van der Waals surface area contributed by atoms with Crippen molar-refractivity contribution in [1.29, 1.82) is 0 Å². The lowest BCUT2D eigenvalue weighted by atomic mass is 10.1. The Morgan fingerprint density at radius 1 is 1.00 bits per heavy atom. The Labute approximate surface area is 145 Å². The molecule has 24 heavy (non-hydrogen) atoms. The lowest BCUT2D eigenvalue weighted by Gasteiger charge is -2.07. The van der Waals surface area contributed by atoms with Crippen LogP contribution in [0.1, 0.15) is 16.7 Å². The van der Waals surface area contributed by atoms with Crippen LogP contribution in [-0.2, 0) is 6.61 Å². The van der Waals surface area contributed by atoms with Gasteiger partial charge in [-0.1, -0.05) is 48.0 Å². The lowest BCUT2D eigenvalue weighted by molar-refractivity contribution is 0.305. The van der Waals surface area contributed by atoms with Crippen LogP contribution in [0.15, 0.2) is 60.7 Å². The second-order valence-electron chi connectivity index (χ2n) is 5.81. The zero-order valence-corrected chi connectivity index (χ0v) is 13.8. The maximum Gasteiger partial charge on any atom is 0.127 e. The number of benzene rings is 3. The van der Waals surface area contributed by atoms with Gasteiger partial charge in [0.25, 0.3) is 0 Å². The molecule has 0 saturated heterocycles. The summed E-state index contributed by atoms with van der Waals surface area (Å²) < 4.78 is 6.00. The number of halogens is 1. The highest BCUT2D eigenvalue weighted by Gasteiger charge is 2.11. The first-order chi connectivity index (χ1) is 11.7. The number of hydrogen-bond acceptors (Lipinski definition) is 2. The molecule has 2 nitrogen and oxygen atoms in total. The van der Waals surface area contributed by atoms with E-state index in [1.807, 2.05) is 48.5 Å². The maximum atomic E-state index is 6.32. The fourth-order valence-corrected chi connectivity index (χ4v) is 3.20. The van der Waals surface area contributed by atoms with Crippen molar-refractivity contribution in [2.75, 3.05) is 5.73 Å². The fourth-order valence-electron chi connectivity index (χ4n) is 2.96. The molecule has 2 N–H and O–H groups in total. The molecule has 0 unspecified atom stereocenters. The third-order valence-electron chi connectivity index (χ3n) is 4.16. The Bertz CT molecular complexity index is 1040. The molecule has 0 fully saturated rings. The van der Waals surface area contributed by atoms with Gasteiger partial charge in [0.15, 0.2) is 0 Å². The second-order valence-corrected chi connectivity index (χ2v) is 6.22. The van der Waals surface area contributed by atoms with Gasteiger partial charge in [-0.3, -0.25) is 0 Å². The van der Waals surface area contributed by atoms with E-state index >= 15 is 0 Å². The highest BCUT2D eigenvalue weighted by Crippen LogP contribution is 2.24. The van der Waals surface area contributed by atoms with E-state index in [-0.39, 0.29) is 0 Å². The van der Waals surface area contributed by atoms with Gasteiger partial charge in [-0.25, -0.2) is 0 Å². The van der Waals surface area contributed by atoms with Crippen LogP contribution < -0.4 is 20.9 Å². The van der Waals surface area contributed by atoms with E-state index in [0.29, 0.717) is 6.61 Å². The van der Waals surface area contributed by atoms with Crippen LogP contribution >= 0.6 is 11.6 Å². The number of ether oxygens (including phenoxy) is 1. The SMILES string of the molecule is Nc1cccc(C=c2cccc3c2=Cc2cccc(Cl)c2CO3)c1. The minimum atomic E-state index is 0.472. The Balaban J connectivity index is 1.98. The van der Waals surface area contributed by atoms with Crippen LogP contribution in [0, 0.1) is 0 Å². The molecular weight excluding hydrogens is 318 g/mol. The normalized spacial score (nSPS) is 13.3. The van der Waals surface area contributed by atoms with Gasteiger partial charge < -0.3 is 10.5 Å². The standard InChI is InChI=1S/C21H16ClNO/c22-20-8-2-5-16-12-18-15(10-14-4-1-7-17(23)11-14)6-3-9-21(18)24-13-19(16)20/h1-12H,13,23H2. The van der Waals surface area contributed by atoms with Gasteiger partial charge in [0, 0.05) is 21.5 Å². The number of anilines is 1. The lowest BCUT2D eigenvalue weighted by Crippen LogP contribution is -2.25. The predicted molar refractivity (Wildman–Crippen MR) is 99.5 cm³/mol. The largest absolute Gasteiger partial charge is 0.488 e. The van der Waals surface area contributed by atoms with Gasteiger partial charge in [0.05, 0.1) is 0 Å². The van der Waals surface area contributed by atoms with Crippen LogP contribution in [0.2, 0.25) is 5.02 Å². The first kappa shape index (κ1) is 14.9. The first-order valence-corrected chi connectivity index (χ1v) is 8.17. The maximum absolute atomic E-state index is 6.32. The summed E-state index contributed by atoms with van der Waals surface area (Å²) in [7, 11) is 0. The second kappa shape index (κ2) is 6.06. The van der Waals surface area contributed by atoms with Crippen LogP contribution in [0.4, 0.5) is 5.69 Å². The van der Waals surface area contributed by atoms with Crippen molar-refractivity contribution < 1.29 is 4.74 Å². The molecule has 4 rings (SSSR count).